The second-order valence-electron chi connectivity index (χ2n) is 4.03. The Labute approximate surface area is 123 Å². The predicted molar refractivity (Wildman–Crippen MR) is 80.4 cm³/mol. The zero-order valence-corrected chi connectivity index (χ0v) is 12.9. The molecule has 0 aliphatic rings. The number of carbonyl (C=O) groups excluding carboxylic acids is 1. The van der Waals surface area contributed by atoms with Crippen LogP contribution in [0.2, 0.25) is 0 Å². The number of ether oxygens (including phenoxy) is 3. The zero-order chi connectivity index (χ0) is 15.0. The summed E-state index contributed by atoms with van der Waals surface area (Å²) in [5.41, 5.74) is 7.02. The molecule has 0 aromatic heterocycles. The van der Waals surface area contributed by atoms with Crippen LogP contribution in [-0.2, 0) is 9.53 Å². The molecule has 1 aromatic rings. The molecule has 0 bridgehead atoms. The second-order valence-corrected chi connectivity index (χ2v) is 5.06. The minimum absolute atomic E-state index is 0.213. The third-order valence-electron chi connectivity index (χ3n) is 2.66. The van der Waals surface area contributed by atoms with Crippen LogP contribution < -0.4 is 15.2 Å². The smallest absolute Gasteiger partial charge is 0.315 e. The van der Waals surface area contributed by atoms with Crippen molar-refractivity contribution in [2.45, 2.75) is 13.0 Å². The first kappa shape index (κ1) is 16.7. The number of methoxy groups -OCH3 is 2. The van der Waals surface area contributed by atoms with Crippen LogP contribution in [0.4, 0.5) is 0 Å². The van der Waals surface area contributed by atoms with Crippen LogP contribution in [0, 0.1) is 0 Å². The maximum atomic E-state index is 11.2. The van der Waals surface area contributed by atoms with Gasteiger partial charge in [0.05, 0.1) is 26.6 Å². The molecule has 0 amide bonds. The van der Waals surface area contributed by atoms with E-state index in [0.717, 1.165) is 11.3 Å². The van der Waals surface area contributed by atoms with E-state index in [2.05, 4.69) is 0 Å². The van der Waals surface area contributed by atoms with E-state index in [0.29, 0.717) is 23.9 Å². The van der Waals surface area contributed by atoms with Gasteiger partial charge in [0.2, 0.25) is 0 Å². The van der Waals surface area contributed by atoms with Crippen molar-refractivity contribution in [3.63, 3.8) is 0 Å². The molecule has 0 heterocycles. The summed E-state index contributed by atoms with van der Waals surface area (Å²) < 4.78 is 15.3. The molecule has 1 atom stereocenters. The van der Waals surface area contributed by atoms with Gasteiger partial charge >= 0.3 is 5.97 Å². The molecular weight excluding hydrogens is 278 g/mol. The molecule has 5 nitrogen and oxygen atoms in total. The Bertz CT molecular complexity index is 439. The molecule has 6 heteroatoms. The van der Waals surface area contributed by atoms with E-state index in [1.54, 1.807) is 27.2 Å². The Morgan fingerprint density at radius 3 is 2.70 bits per heavy atom. The third-order valence-corrected chi connectivity index (χ3v) is 3.70. The average molecular weight is 299 g/mol. The minimum Gasteiger partial charge on any atom is -0.497 e. The molecule has 0 aliphatic heterocycles. The summed E-state index contributed by atoms with van der Waals surface area (Å²) >= 11 is 1.45. The fourth-order valence-electron chi connectivity index (χ4n) is 1.69. The molecule has 0 saturated carbocycles. The standard InChI is InChI=1S/C14H21NO4S/c1-4-19-14(16)9-20-8-12(15)11-6-5-10(17-2)7-13(11)18-3/h5-7,12H,4,8-9,15H2,1-3H3. The SMILES string of the molecule is CCOC(=O)CSCC(N)c1ccc(OC)cc1OC. The Kier molecular flexibility index (Phi) is 7.25. The lowest BCUT2D eigenvalue weighted by Gasteiger charge is -2.16. The number of rotatable bonds is 8. The lowest BCUT2D eigenvalue weighted by molar-refractivity contribution is -0.139. The Morgan fingerprint density at radius 1 is 1.35 bits per heavy atom. The number of benzene rings is 1. The molecule has 112 valence electrons. The average Bonchev–Trinajstić information content (AvgIpc) is 2.46. The van der Waals surface area contributed by atoms with Gasteiger partial charge in [-0.05, 0) is 13.0 Å². The van der Waals surface area contributed by atoms with E-state index in [9.17, 15) is 4.79 Å². The van der Waals surface area contributed by atoms with Crippen LogP contribution in [0.3, 0.4) is 0 Å². The summed E-state index contributed by atoms with van der Waals surface area (Å²) in [4.78, 5) is 11.2. The fourth-order valence-corrected chi connectivity index (χ4v) is 2.49. The van der Waals surface area contributed by atoms with Gasteiger partial charge in [-0.25, -0.2) is 0 Å². The van der Waals surface area contributed by atoms with Crippen LogP contribution in [-0.4, -0.2) is 38.3 Å². The van der Waals surface area contributed by atoms with Crippen molar-refractivity contribution in [1.82, 2.24) is 0 Å². The van der Waals surface area contributed by atoms with Gasteiger partial charge in [0.25, 0.3) is 0 Å². The van der Waals surface area contributed by atoms with Gasteiger partial charge in [0.15, 0.2) is 0 Å². The zero-order valence-electron chi connectivity index (χ0n) is 12.0. The lowest BCUT2D eigenvalue weighted by atomic mass is 10.1. The third kappa shape index (κ3) is 4.94. The molecule has 0 aliphatic carbocycles. The lowest BCUT2D eigenvalue weighted by Crippen LogP contribution is -2.16. The van der Waals surface area contributed by atoms with Crippen molar-refractivity contribution in [3.8, 4) is 11.5 Å². The first-order chi connectivity index (χ1) is 9.62. The van der Waals surface area contributed by atoms with Crippen molar-refractivity contribution in [2.75, 3.05) is 32.3 Å². The summed E-state index contributed by atoms with van der Waals surface area (Å²) in [7, 11) is 3.19. The van der Waals surface area contributed by atoms with E-state index in [4.69, 9.17) is 19.9 Å². The molecule has 2 N–H and O–H groups in total. The van der Waals surface area contributed by atoms with E-state index in [-0.39, 0.29) is 12.0 Å². The maximum absolute atomic E-state index is 11.2. The maximum Gasteiger partial charge on any atom is 0.315 e. The van der Waals surface area contributed by atoms with Gasteiger partial charge in [0.1, 0.15) is 11.5 Å². The van der Waals surface area contributed by atoms with Gasteiger partial charge in [-0.3, -0.25) is 4.79 Å². The summed E-state index contributed by atoms with van der Waals surface area (Å²) in [5.74, 6) is 2.11. The normalized spacial score (nSPS) is 11.8. The largest absolute Gasteiger partial charge is 0.497 e. The predicted octanol–water partition coefficient (Wildman–Crippen LogP) is 2.00. The fraction of sp³-hybridized carbons (Fsp3) is 0.500. The van der Waals surface area contributed by atoms with Gasteiger partial charge in [-0.1, -0.05) is 6.07 Å². The molecule has 1 unspecified atom stereocenters. The first-order valence-electron chi connectivity index (χ1n) is 6.33. The first-order valence-corrected chi connectivity index (χ1v) is 7.48. The highest BCUT2D eigenvalue weighted by Gasteiger charge is 2.14. The van der Waals surface area contributed by atoms with Crippen LogP contribution in [0.25, 0.3) is 0 Å². The highest BCUT2D eigenvalue weighted by atomic mass is 32.2. The highest BCUT2D eigenvalue weighted by molar-refractivity contribution is 7.99. The number of hydrogen-bond donors (Lipinski definition) is 1. The quantitative estimate of drug-likeness (QED) is 0.740. The monoisotopic (exact) mass is 299 g/mol. The molecule has 20 heavy (non-hydrogen) atoms. The molecule has 1 aromatic carbocycles. The summed E-state index contributed by atoms with van der Waals surface area (Å²) in [6, 6.07) is 5.31. The van der Waals surface area contributed by atoms with Crippen LogP contribution in [0.1, 0.15) is 18.5 Å². The number of esters is 1. The van der Waals surface area contributed by atoms with E-state index in [1.165, 1.54) is 11.8 Å². The number of carbonyl (C=O) groups is 1. The summed E-state index contributed by atoms with van der Waals surface area (Å²) in [6.45, 7) is 2.19. The second kappa shape index (κ2) is 8.71. The molecular formula is C14H21NO4S. The van der Waals surface area contributed by atoms with Gasteiger partial charge in [-0.2, -0.15) is 0 Å². The van der Waals surface area contributed by atoms with Crippen LogP contribution in [0.15, 0.2) is 18.2 Å². The Balaban J connectivity index is 2.58. The van der Waals surface area contributed by atoms with E-state index in [1.807, 2.05) is 12.1 Å². The van der Waals surface area contributed by atoms with Crippen LogP contribution in [0.5, 0.6) is 11.5 Å². The highest BCUT2D eigenvalue weighted by Crippen LogP contribution is 2.29. The van der Waals surface area contributed by atoms with Crippen LogP contribution >= 0.6 is 11.8 Å². The van der Waals surface area contributed by atoms with E-state index >= 15 is 0 Å². The van der Waals surface area contributed by atoms with Crippen molar-refractivity contribution < 1.29 is 19.0 Å². The number of hydrogen-bond acceptors (Lipinski definition) is 6. The van der Waals surface area contributed by atoms with Crippen molar-refractivity contribution in [3.05, 3.63) is 23.8 Å². The summed E-state index contributed by atoms with van der Waals surface area (Å²) in [5, 5.41) is 0. The number of nitrogens with two attached hydrogens (primary N) is 1. The topological polar surface area (TPSA) is 70.8 Å². The van der Waals surface area contributed by atoms with Gasteiger partial charge in [-0.15, -0.1) is 11.8 Å². The van der Waals surface area contributed by atoms with Gasteiger partial charge < -0.3 is 19.9 Å². The Hall–Kier alpha value is -1.40. The molecule has 0 saturated heterocycles. The van der Waals surface area contributed by atoms with Crippen molar-refractivity contribution in [2.24, 2.45) is 5.73 Å². The molecule has 0 spiro atoms. The molecule has 0 fully saturated rings. The van der Waals surface area contributed by atoms with E-state index < -0.39 is 0 Å². The number of thioether (sulfide) groups is 1. The van der Waals surface area contributed by atoms with Crippen molar-refractivity contribution in [1.29, 1.82) is 0 Å². The van der Waals surface area contributed by atoms with Gasteiger partial charge in [0, 0.05) is 23.4 Å². The Morgan fingerprint density at radius 2 is 2.10 bits per heavy atom. The van der Waals surface area contributed by atoms with Crippen molar-refractivity contribution >= 4 is 17.7 Å². The molecule has 0 radical (unpaired) electrons. The molecule has 1 rings (SSSR count). The minimum atomic E-state index is -0.216. The summed E-state index contributed by atoms with van der Waals surface area (Å²) in [6.07, 6.45) is 0.